The van der Waals surface area contributed by atoms with Crippen molar-refractivity contribution in [2.45, 2.75) is 45.1 Å². The molecule has 0 amide bonds. The summed E-state index contributed by atoms with van der Waals surface area (Å²) < 4.78 is 10.3. The van der Waals surface area contributed by atoms with E-state index in [1.165, 1.54) is 24.4 Å². The van der Waals surface area contributed by atoms with Gasteiger partial charge in [0.1, 0.15) is 5.60 Å². The van der Waals surface area contributed by atoms with Crippen LogP contribution >= 0.6 is 11.5 Å². The molecule has 2 atom stereocenters. The molecule has 1 fully saturated rings. The lowest BCUT2D eigenvalue weighted by Gasteiger charge is -2.37. The average molecular weight is 241 g/mol. The summed E-state index contributed by atoms with van der Waals surface area (Å²) in [6.07, 6.45) is 4.48. The molecule has 2 rings (SSSR count). The van der Waals surface area contributed by atoms with E-state index in [0.29, 0.717) is 17.7 Å². The average Bonchev–Trinajstić information content (AvgIpc) is 2.66. The minimum atomic E-state index is -0.277. The van der Waals surface area contributed by atoms with Crippen LogP contribution in [0, 0.1) is 5.92 Å². The maximum absolute atomic E-state index is 5.97. The smallest absolute Gasteiger partial charge is 0.200 e. The minimum Gasteiger partial charge on any atom is -0.374 e. The summed E-state index contributed by atoms with van der Waals surface area (Å²) in [6, 6.07) is 0. The van der Waals surface area contributed by atoms with Crippen molar-refractivity contribution in [1.29, 1.82) is 0 Å². The van der Waals surface area contributed by atoms with Gasteiger partial charge in [0.25, 0.3) is 0 Å². The normalized spacial score (nSPS) is 30.5. The molecule has 1 heterocycles. The zero-order chi connectivity index (χ0) is 11.6. The van der Waals surface area contributed by atoms with Crippen molar-refractivity contribution in [3.8, 4) is 0 Å². The summed E-state index contributed by atoms with van der Waals surface area (Å²) >= 11 is 1.26. The van der Waals surface area contributed by atoms with Gasteiger partial charge in [-0.15, -0.1) is 0 Å². The highest BCUT2D eigenvalue weighted by Gasteiger charge is 2.40. The highest BCUT2D eigenvalue weighted by atomic mass is 32.1. The van der Waals surface area contributed by atoms with E-state index < -0.39 is 0 Å². The Bertz CT molecular complexity index is 351. The third-order valence-electron chi connectivity index (χ3n) is 3.23. The summed E-state index contributed by atoms with van der Waals surface area (Å²) in [4.78, 5) is 4.32. The zero-order valence-corrected chi connectivity index (χ0v) is 10.7. The number of nitrogen functional groups attached to an aromatic ring is 1. The van der Waals surface area contributed by atoms with Crippen LogP contribution in [-0.2, 0) is 10.3 Å². The molecule has 0 aliphatic heterocycles. The summed E-state index contributed by atoms with van der Waals surface area (Å²) in [7, 11) is 0. The topological polar surface area (TPSA) is 61.0 Å². The van der Waals surface area contributed by atoms with E-state index in [0.717, 1.165) is 18.7 Å². The van der Waals surface area contributed by atoms with Gasteiger partial charge < -0.3 is 10.5 Å². The summed E-state index contributed by atoms with van der Waals surface area (Å²) in [6.45, 7) is 4.99. The summed E-state index contributed by atoms with van der Waals surface area (Å²) in [5.41, 5.74) is 5.39. The van der Waals surface area contributed by atoms with Crippen LogP contribution in [0.3, 0.4) is 0 Å². The van der Waals surface area contributed by atoms with Crippen molar-refractivity contribution >= 4 is 16.7 Å². The molecule has 1 aromatic rings. The van der Waals surface area contributed by atoms with E-state index in [4.69, 9.17) is 10.5 Å². The number of nitrogens with zero attached hydrogens (tertiary/aromatic N) is 2. The molecule has 0 radical (unpaired) electrons. The number of hydrogen-bond acceptors (Lipinski definition) is 5. The lowest BCUT2D eigenvalue weighted by Crippen LogP contribution is -2.36. The SMILES string of the molecule is CCOC1(c2nsc(N)n2)CCCC(C)C1. The lowest BCUT2D eigenvalue weighted by atomic mass is 9.78. The molecule has 2 unspecified atom stereocenters. The van der Waals surface area contributed by atoms with Crippen molar-refractivity contribution in [3.63, 3.8) is 0 Å². The van der Waals surface area contributed by atoms with Gasteiger partial charge in [-0.1, -0.05) is 13.3 Å². The van der Waals surface area contributed by atoms with Crippen molar-refractivity contribution in [3.05, 3.63) is 5.82 Å². The molecule has 90 valence electrons. The van der Waals surface area contributed by atoms with Gasteiger partial charge in [-0.25, -0.2) is 4.98 Å². The quantitative estimate of drug-likeness (QED) is 0.883. The molecule has 0 aromatic carbocycles. The van der Waals surface area contributed by atoms with E-state index in [1.807, 2.05) is 6.92 Å². The largest absolute Gasteiger partial charge is 0.374 e. The molecular weight excluding hydrogens is 222 g/mol. The molecule has 0 bridgehead atoms. The molecule has 5 heteroatoms. The first-order valence-corrected chi connectivity index (χ1v) is 6.67. The fraction of sp³-hybridized carbons (Fsp3) is 0.818. The van der Waals surface area contributed by atoms with Crippen molar-refractivity contribution in [1.82, 2.24) is 9.36 Å². The van der Waals surface area contributed by atoms with E-state index >= 15 is 0 Å². The van der Waals surface area contributed by atoms with Crippen LogP contribution in [0.25, 0.3) is 0 Å². The molecule has 1 saturated carbocycles. The van der Waals surface area contributed by atoms with Crippen LogP contribution in [0.5, 0.6) is 0 Å². The highest BCUT2D eigenvalue weighted by Crippen LogP contribution is 2.42. The molecule has 2 N–H and O–H groups in total. The third-order valence-corrected chi connectivity index (χ3v) is 3.77. The Kier molecular flexibility index (Phi) is 3.44. The number of rotatable bonds is 3. The molecule has 1 aliphatic carbocycles. The first-order chi connectivity index (χ1) is 7.66. The fourth-order valence-electron chi connectivity index (χ4n) is 2.60. The molecule has 16 heavy (non-hydrogen) atoms. The van der Waals surface area contributed by atoms with E-state index in [-0.39, 0.29) is 5.60 Å². The Labute approximate surface area is 100 Å². The number of ether oxygens (including phenoxy) is 1. The standard InChI is InChI=1S/C11H19N3OS/c1-3-15-11(6-4-5-8(2)7-11)9-13-10(12)16-14-9/h8H,3-7H2,1-2H3,(H2,12,13,14). The first kappa shape index (κ1) is 11.8. The van der Waals surface area contributed by atoms with Crippen LogP contribution < -0.4 is 5.73 Å². The van der Waals surface area contributed by atoms with Crippen molar-refractivity contribution in [2.75, 3.05) is 12.3 Å². The van der Waals surface area contributed by atoms with Gasteiger partial charge in [0.05, 0.1) is 0 Å². The van der Waals surface area contributed by atoms with Crippen LogP contribution in [0.4, 0.5) is 5.13 Å². The molecule has 1 aliphatic rings. The molecular formula is C11H19N3OS. The third kappa shape index (κ3) is 2.20. The van der Waals surface area contributed by atoms with Crippen LogP contribution in [0.15, 0.2) is 0 Å². The summed E-state index contributed by atoms with van der Waals surface area (Å²) in [5, 5.41) is 0.535. The Morgan fingerprint density at radius 2 is 2.44 bits per heavy atom. The molecule has 4 nitrogen and oxygen atoms in total. The van der Waals surface area contributed by atoms with Gasteiger partial charge in [-0.3, -0.25) is 0 Å². The predicted octanol–water partition coefficient (Wildman–Crippen LogP) is 2.56. The van der Waals surface area contributed by atoms with Gasteiger partial charge in [0, 0.05) is 18.1 Å². The Balaban J connectivity index is 2.27. The van der Waals surface area contributed by atoms with Crippen LogP contribution in [0.1, 0.15) is 45.4 Å². The van der Waals surface area contributed by atoms with Gasteiger partial charge in [0.2, 0.25) is 0 Å². The van der Waals surface area contributed by atoms with Crippen LogP contribution in [0.2, 0.25) is 0 Å². The molecule has 0 saturated heterocycles. The fourth-order valence-corrected chi connectivity index (χ4v) is 3.11. The number of aromatic nitrogens is 2. The Morgan fingerprint density at radius 1 is 1.62 bits per heavy atom. The highest BCUT2D eigenvalue weighted by molar-refractivity contribution is 7.09. The minimum absolute atomic E-state index is 0.277. The zero-order valence-electron chi connectivity index (χ0n) is 9.90. The van der Waals surface area contributed by atoms with E-state index in [1.54, 1.807) is 0 Å². The number of hydrogen-bond donors (Lipinski definition) is 1. The predicted molar refractivity (Wildman–Crippen MR) is 65.3 cm³/mol. The van der Waals surface area contributed by atoms with Gasteiger partial charge in [-0.2, -0.15) is 4.37 Å². The van der Waals surface area contributed by atoms with Crippen molar-refractivity contribution in [2.24, 2.45) is 5.92 Å². The number of anilines is 1. The van der Waals surface area contributed by atoms with Gasteiger partial charge in [0.15, 0.2) is 11.0 Å². The molecule has 1 aromatic heterocycles. The van der Waals surface area contributed by atoms with Crippen molar-refractivity contribution < 1.29 is 4.74 Å². The van der Waals surface area contributed by atoms with Crippen LogP contribution in [-0.4, -0.2) is 16.0 Å². The summed E-state index contributed by atoms with van der Waals surface area (Å²) in [5.74, 6) is 1.47. The Hall–Kier alpha value is -0.680. The Morgan fingerprint density at radius 3 is 3.00 bits per heavy atom. The second kappa shape index (κ2) is 4.67. The van der Waals surface area contributed by atoms with Gasteiger partial charge >= 0.3 is 0 Å². The maximum atomic E-state index is 5.97. The number of nitrogens with two attached hydrogens (primary N) is 1. The maximum Gasteiger partial charge on any atom is 0.200 e. The second-order valence-electron chi connectivity index (χ2n) is 4.59. The molecule has 0 spiro atoms. The van der Waals surface area contributed by atoms with E-state index in [9.17, 15) is 0 Å². The van der Waals surface area contributed by atoms with Gasteiger partial charge in [-0.05, 0) is 32.1 Å². The lowest BCUT2D eigenvalue weighted by molar-refractivity contribution is -0.0872. The van der Waals surface area contributed by atoms with E-state index in [2.05, 4.69) is 16.3 Å². The monoisotopic (exact) mass is 241 g/mol. The second-order valence-corrected chi connectivity index (χ2v) is 5.37. The first-order valence-electron chi connectivity index (χ1n) is 5.90.